The van der Waals surface area contributed by atoms with Crippen LogP contribution in [0.5, 0.6) is 5.75 Å². The molecule has 0 bridgehead atoms. The number of ether oxygens (including phenoxy) is 1. The van der Waals surface area contributed by atoms with Crippen LogP contribution in [0.3, 0.4) is 0 Å². The molecule has 0 aliphatic heterocycles. The Hall–Kier alpha value is -0.320. The van der Waals surface area contributed by atoms with Crippen molar-refractivity contribution >= 4 is 22.6 Å². The Labute approximate surface area is 85.1 Å². The molecule has 1 aromatic carbocycles. The largest absolute Gasteiger partial charge is 0.488 e. The molecule has 0 aliphatic rings. The molecule has 66 valence electrons. The third-order valence-electron chi connectivity index (χ3n) is 1.26. The van der Waals surface area contributed by atoms with Crippen LogP contribution in [-0.4, -0.2) is 6.10 Å². The van der Waals surface area contributed by atoms with E-state index in [-0.39, 0.29) is 11.9 Å². The van der Waals surface area contributed by atoms with Gasteiger partial charge in [-0.3, -0.25) is 0 Å². The van der Waals surface area contributed by atoms with E-state index in [0.717, 1.165) is 3.57 Å². The van der Waals surface area contributed by atoms with E-state index in [1.807, 2.05) is 13.8 Å². The van der Waals surface area contributed by atoms with Crippen LogP contribution in [0.4, 0.5) is 4.39 Å². The Morgan fingerprint density at radius 1 is 1.42 bits per heavy atom. The number of halogens is 2. The van der Waals surface area contributed by atoms with E-state index in [1.165, 1.54) is 6.07 Å². The van der Waals surface area contributed by atoms with Gasteiger partial charge in [-0.1, -0.05) is 0 Å². The Morgan fingerprint density at radius 2 is 2.08 bits per heavy atom. The van der Waals surface area contributed by atoms with E-state index in [2.05, 4.69) is 22.6 Å². The first kappa shape index (κ1) is 9.77. The molecule has 0 atom stereocenters. The Morgan fingerprint density at radius 3 is 2.67 bits per heavy atom. The van der Waals surface area contributed by atoms with Crippen LogP contribution < -0.4 is 4.74 Å². The maximum atomic E-state index is 13.0. The van der Waals surface area contributed by atoms with Gasteiger partial charge < -0.3 is 4.74 Å². The maximum absolute atomic E-state index is 13.0. The van der Waals surface area contributed by atoms with Gasteiger partial charge in [0.2, 0.25) is 0 Å². The van der Waals surface area contributed by atoms with Gasteiger partial charge in [0.05, 0.1) is 6.10 Å². The molecule has 0 aliphatic carbocycles. The zero-order valence-electron chi connectivity index (χ0n) is 6.97. The number of benzene rings is 1. The normalized spacial score (nSPS) is 10.4. The summed E-state index contributed by atoms with van der Waals surface area (Å²) in [7, 11) is 0. The molecule has 0 fully saturated rings. The third kappa shape index (κ3) is 2.62. The highest BCUT2D eigenvalue weighted by atomic mass is 127. The summed E-state index contributed by atoms with van der Waals surface area (Å²) in [6.45, 7) is 3.75. The summed E-state index contributed by atoms with van der Waals surface area (Å²) in [5, 5.41) is 0. The highest BCUT2D eigenvalue weighted by molar-refractivity contribution is 14.1. The molecular formula is C9H10FIO. The summed E-state index contributed by atoms with van der Waals surface area (Å²) in [4.78, 5) is 0. The molecule has 0 N–H and O–H groups in total. The fourth-order valence-corrected chi connectivity index (χ4v) is 1.28. The summed E-state index contributed by atoms with van der Waals surface area (Å²) in [6, 6.07) is 4.82. The lowest BCUT2D eigenvalue weighted by molar-refractivity contribution is 0.231. The zero-order valence-corrected chi connectivity index (χ0v) is 9.13. The van der Waals surface area contributed by atoms with Crippen molar-refractivity contribution < 1.29 is 9.13 Å². The van der Waals surface area contributed by atoms with E-state index < -0.39 is 0 Å². The first-order valence-electron chi connectivity index (χ1n) is 3.71. The van der Waals surface area contributed by atoms with Crippen LogP contribution in [0.15, 0.2) is 18.2 Å². The second-order valence-electron chi connectivity index (χ2n) is 2.74. The van der Waals surface area contributed by atoms with Gasteiger partial charge in [0.15, 0.2) is 11.6 Å². The number of hydrogen-bond acceptors (Lipinski definition) is 1. The summed E-state index contributed by atoms with van der Waals surface area (Å²) in [5.41, 5.74) is 0. The summed E-state index contributed by atoms with van der Waals surface area (Å²) >= 11 is 2.12. The first-order valence-corrected chi connectivity index (χ1v) is 4.79. The van der Waals surface area contributed by atoms with Crippen molar-refractivity contribution in [1.29, 1.82) is 0 Å². The summed E-state index contributed by atoms with van der Waals surface area (Å²) in [6.07, 6.45) is 0.0118. The second kappa shape index (κ2) is 4.07. The predicted molar refractivity (Wildman–Crippen MR) is 54.9 cm³/mol. The molecule has 1 rings (SSSR count). The van der Waals surface area contributed by atoms with Gasteiger partial charge in [-0.2, -0.15) is 0 Å². The first-order chi connectivity index (χ1) is 5.59. The summed E-state index contributed by atoms with van der Waals surface area (Å²) < 4.78 is 19.2. The van der Waals surface area contributed by atoms with Crippen LogP contribution in [0.25, 0.3) is 0 Å². The lowest BCUT2D eigenvalue weighted by atomic mass is 10.3. The van der Waals surface area contributed by atoms with Gasteiger partial charge in [-0.15, -0.1) is 0 Å². The minimum atomic E-state index is -0.302. The molecule has 0 spiro atoms. The molecule has 3 heteroatoms. The van der Waals surface area contributed by atoms with Gasteiger partial charge in [0.25, 0.3) is 0 Å². The molecular weight excluding hydrogens is 270 g/mol. The molecule has 0 saturated heterocycles. The minimum absolute atomic E-state index is 0.0118. The molecule has 0 heterocycles. The highest BCUT2D eigenvalue weighted by Crippen LogP contribution is 2.20. The average Bonchev–Trinajstić information content (AvgIpc) is 1.96. The van der Waals surface area contributed by atoms with Crippen molar-refractivity contribution in [2.75, 3.05) is 0 Å². The van der Waals surface area contributed by atoms with E-state index in [1.54, 1.807) is 12.1 Å². The molecule has 0 unspecified atom stereocenters. The van der Waals surface area contributed by atoms with E-state index >= 15 is 0 Å². The molecule has 0 aromatic heterocycles. The lowest BCUT2D eigenvalue weighted by Gasteiger charge is -2.10. The average molecular weight is 280 g/mol. The fourth-order valence-electron chi connectivity index (χ4n) is 0.821. The second-order valence-corrected chi connectivity index (χ2v) is 3.99. The predicted octanol–water partition coefficient (Wildman–Crippen LogP) is 3.22. The van der Waals surface area contributed by atoms with Crippen LogP contribution in [0.1, 0.15) is 13.8 Å². The standard InChI is InChI=1S/C9H10FIO/c1-6(2)12-9-5-7(11)3-4-8(9)10/h3-6H,1-2H3. The molecule has 12 heavy (non-hydrogen) atoms. The van der Waals surface area contributed by atoms with Gasteiger partial charge >= 0.3 is 0 Å². The Balaban J connectivity index is 2.90. The van der Waals surface area contributed by atoms with Gasteiger partial charge in [-0.05, 0) is 54.6 Å². The van der Waals surface area contributed by atoms with Crippen molar-refractivity contribution in [2.45, 2.75) is 20.0 Å². The van der Waals surface area contributed by atoms with Crippen LogP contribution >= 0.6 is 22.6 Å². The fraction of sp³-hybridized carbons (Fsp3) is 0.333. The SMILES string of the molecule is CC(C)Oc1cc(I)ccc1F. The topological polar surface area (TPSA) is 9.23 Å². The quantitative estimate of drug-likeness (QED) is 0.756. The van der Waals surface area contributed by atoms with Crippen molar-refractivity contribution in [2.24, 2.45) is 0 Å². The van der Waals surface area contributed by atoms with Gasteiger partial charge in [-0.25, -0.2) is 4.39 Å². The zero-order chi connectivity index (χ0) is 9.14. The van der Waals surface area contributed by atoms with Crippen LogP contribution in [-0.2, 0) is 0 Å². The molecule has 0 saturated carbocycles. The summed E-state index contributed by atoms with van der Waals surface area (Å²) in [5.74, 6) is 0.0287. The molecule has 0 amide bonds. The number of rotatable bonds is 2. The van der Waals surface area contributed by atoms with Crippen molar-refractivity contribution in [3.8, 4) is 5.75 Å². The van der Waals surface area contributed by atoms with Gasteiger partial charge in [0.1, 0.15) is 0 Å². The van der Waals surface area contributed by atoms with Crippen LogP contribution in [0.2, 0.25) is 0 Å². The van der Waals surface area contributed by atoms with E-state index in [9.17, 15) is 4.39 Å². The smallest absolute Gasteiger partial charge is 0.165 e. The molecule has 1 aromatic rings. The molecule has 0 radical (unpaired) electrons. The lowest BCUT2D eigenvalue weighted by Crippen LogP contribution is -2.06. The van der Waals surface area contributed by atoms with Crippen LogP contribution in [0, 0.1) is 9.39 Å². The van der Waals surface area contributed by atoms with Crippen molar-refractivity contribution in [1.82, 2.24) is 0 Å². The molecule has 1 nitrogen and oxygen atoms in total. The van der Waals surface area contributed by atoms with Crippen molar-refractivity contribution in [3.05, 3.63) is 27.6 Å². The number of hydrogen-bond donors (Lipinski definition) is 0. The highest BCUT2D eigenvalue weighted by Gasteiger charge is 2.04. The minimum Gasteiger partial charge on any atom is -0.488 e. The third-order valence-corrected chi connectivity index (χ3v) is 1.93. The van der Waals surface area contributed by atoms with Crippen molar-refractivity contribution in [3.63, 3.8) is 0 Å². The Kier molecular flexibility index (Phi) is 3.31. The van der Waals surface area contributed by atoms with E-state index in [4.69, 9.17) is 4.74 Å². The van der Waals surface area contributed by atoms with E-state index in [0.29, 0.717) is 5.75 Å². The Bertz CT molecular complexity index is 273. The maximum Gasteiger partial charge on any atom is 0.165 e. The monoisotopic (exact) mass is 280 g/mol. The van der Waals surface area contributed by atoms with Gasteiger partial charge in [0, 0.05) is 3.57 Å².